The zero-order valence-corrected chi connectivity index (χ0v) is 13.7. The summed E-state index contributed by atoms with van der Waals surface area (Å²) in [4.78, 5) is 12.3. The maximum atomic E-state index is 4.98. The van der Waals surface area contributed by atoms with Crippen molar-refractivity contribution in [1.82, 2.24) is 9.97 Å². The maximum absolute atomic E-state index is 4.98. The monoisotopic (exact) mass is 288 g/mol. The minimum Gasteiger partial charge on any atom is -0.373 e. The summed E-state index contributed by atoms with van der Waals surface area (Å²) in [5.74, 6) is 3.86. The second-order valence-corrected chi connectivity index (χ2v) is 6.51. The Kier molecular flexibility index (Phi) is 4.32. The van der Waals surface area contributed by atoms with Crippen molar-refractivity contribution in [3.8, 4) is 0 Å². The van der Waals surface area contributed by atoms with Crippen molar-refractivity contribution >= 4 is 11.6 Å². The molecule has 2 heterocycles. The van der Waals surface area contributed by atoms with Gasteiger partial charge in [-0.3, -0.25) is 0 Å². The van der Waals surface area contributed by atoms with E-state index in [9.17, 15) is 0 Å². The van der Waals surface area contributed by atoms with E-state index in [2.05, 4.69) is 24.1 Å². The van der Waals surface area contributed by atoms with E-state index < -0.39 is 0 Å². The van der Waals surface area contributed by atoms with Gasteiger partial charge in [-0.05, 0) is 39.0 Å². The van der Waals surface area contributed by atoms with Crippen molar-refractivity contribution < 1.29 is 0 Å². The lowest BCUT2D eigenvalue weighted by Gasteiger charge is -2.32. The zero-order chi connectivity index (χ0) is 14.8. The molecule has 3 rings (SSSR count). The van der Waals surface area contributed by atoms with E-state index in [1.165, 1.54) is 56.3 Å². The average molecular weight is 288 g/mol. The van der Waals surface area contributed by atoms with E-state index in [4.69, 9.17) is 9.97 Å². The summed E-state index contributed by atoms with van der Waals surface area (Å²) in [6.45, 7) is 5.61. The third-order valence-electron chi connectivity index (χ3n) is 4.94. The van der Waals surface area contributed by atoms with Gasteiger partial charge >= 0.3 is 0 Å². The highest BCUT2D eigenvalue weighted by Crippen LogP contribution is 2.40. The number of hydrogen-bond donors (Lipinski definition) is 1. The Morgan fingerprint density at radius 2 is 1.95 bits per heavy atom. The third kappa shape index (κ3) is 2.99. The fourth-order valence-electron chi connectivity index (χ4n) is 3.45. The molecule has 1 atom stereocenters. The molecule has 1 saturated carbocycles. The van der Waals surface area contributed by atoms with Crippen LogP contribution in [0.4, 0.5) is 11.6 Å². The molecule has 0 amide bonds. The van der Waals surface area contributed by atoms with Gasteiger partial charge in [0.15, 0.2) is 0 Å². The summed E-state index contributed by atoms with van der Waals surface area (Å²) in [5.41, 5.74) is 1.21. The lowest BCUT2D eigenvalue weighted by molar-refractivity contribution is 0.550. The Morgan fingerprint density at radius 3 is 2.62 bits per heavy atom. The highest BCUT2D eigenvalue weighted by Gasteiger charge is 2.30. The Morgan fingerprint density at radius 1 is 1.14 bits per heavy atom. The predicted molar refractivity (Wildman–Crippen MR) is 88.2 cm³/mol. The summed E-state index contributed by atoms with van der Waals surface area (Å²) in [5, 5.41) is 3.27. The molecule has 21 heavy (non-hydrogen) atoms. The molecule has 1 aliphatic carbocycles. The lowest BCUT2D eigenvalue weighted by atomic mass is 10.1. The van der Waals surface area contributed by atoms with Gasteiger partial charge in [-0.25, -0.2) is 9.97 Å². The van der Waals surface area contributed by atoms with Gasteiger partial charge in [0.1, 0.15) is 17.5 Å². The van der Waals surface area contributed by atoms with Crippen LogP contribution in [0, 0.1) is 6.92 Å². The molecule has 1 unspecified atom stereocenters. The molecule has 0 radical (unpaired) electrons. The fourth-order valence-corrected chi connectivity index (χ4v) is 3.45. The molecule has 116 valence electrons. The lowest BCUT2D eigenvalue weighted by Crippen LogP contribution is -2.36. The summed E-state index contributed by atoms with van der Waals surface area (Å²) in [6, 6.07) is 0.637. The van der Waals surface area contributed by atoms with Crippen LogP contribution in [-0.2, 0) is 0 Å². The Labute approximate surface area is 128 Å². The van der Waals surface area contributed by atoms with Gasteiger partial charge in [-0.1, -0.05) is 19.8 Å². The molecule has 1 N–H and O–H groups in total. The first-order valence-electron chi connectivity index (χ1n) is 8.57. The molecule has 0 bridgehead atoms. The molecule has 1 saturated heterocycles. The highest BCUT2D eigenvalue weighted by atomic mass is 15.2. The van der Waals surface area contributed by atoms with Gasteiger partial charge in [-0.15, -0.1) is 0 Å². The van der Waals surface area contributed by atoms with Crippen molar-refractivity contribution in [1.29, 1.82) is 0 Å². The maximum Gasteiger partial charge on any atom is 0.137 e. The molecule has 2 fully saturated rings. The molecule has 4 nitrogen and oxygen atoms in total. The van der Waals surface area contributed by atoms with Crippen molar-refractivity contribution in [2.75, 3.05) is 23.8 Å². The van der Waals surface area contributed by atoms with Crippen LogP contribution < -0.4 is 10.2 Å². The average Bonchev–Trinajstić information content (AvgIpc) is 3.34. The van der Waals surface area contributed by atoms with Crippen LogP contribution in [0.25, 0.3) is 0 Å². The van der Waals surface area contributed by atoms with Gasteiger partial charge in [0.2, 0.25) is 0 Å². The topological polar surface area (TPSA) is 41.1 Å². The van der Waals surface area contributed by atoms with Crippen LogP contribution in [0.15, 0.2) is 0 Å². The molecule has 1 aliphatic heterocycles. The minimum absolute atomic E-state index is 0.600. The van der Waals surface area contributed by atoms with E-state index in [1.807, 2.05) is 7.05 Å². The number of rotatable bonds is 4. The van der Waals surface area contributed by atoms with Gasteiger partial charge < -0.3 is 10.2 Å². The van der Waals surface area contributed by atoms with Crippen LogP contribution in [0.1, 0.15) is 69.2 Å². The smallest absolute Gasteiger partial charge is 0.137 e. The van der Waals surface area contributed by atoms with Crippen molar-refractivity contribution in [3.05, 3.63) is 11.4 Å². The number of aromatic nitrogens is 2. The Bertz CT molecular complexity index is 496. The van der Waals surface area contributed by atoms with Gasteiger partial charge in [0.25, 0.3) is 0 Å². The second kappa shape index (κ2) is 6.20. The van der Waals surface area contributed by atoms with Crippen molar-refractivity contribution in [2.45, 2.75) is 70.8 Å². The minimum atomic E-state index is 0.600. The molecule has 1 aromatic heterocycles. The largest absolute Gasteiger partial charge is 0.373 e. The quantitative estimate of drug-likeness (QED) is 0.913. The van der Waals surface area contributed by atoms with Crippen LogP contribution in [0.2, 0.25) is 0 Å². The van der Waals surface area contributed by atoms with Crippen LogP contribution in [0.5, 0.6) is 0 Å². The molecule has 2 aliphatic rings. The van der Waals surface area contributed by atoms with Gasteiger partial charge in [-0.2, -0.15) is 0 Å². The molecular formula is C17H28N4. The van der Waals surface area contributed by atoms with E-state index >= 15 is 0 Å². The molecule has 4 heteroatoms. The van der Waals surface area contributed by atoms with Crippen molar-refractivity contribution in [2.24, 2.45) is 0 Å². The third-order valence-corrected chi connectivity index (χ3v) is 4.94. The van der Waals surface area contributed by atoms with Gasteiger partial charge in [0, 0.05) is 31.1 Å². The number of nitrogens with zero attached hydrogens (tertiary/aromatic N) is 3. The van der Waals surface area contributed by atoms with Crippen LogP contribution >= 0.6 is 0 Å². The predicted octanol–water partition coefficient (Wildman–Crippen LogP) is 3.86. The Hall–Kier alpha value is -1.32. The molecule has 0 aromatic carbocycles. The summed E-state index contributed by atoms with van der Waals surface area (Å²) in [6.07, 6.45) is 9.00. The second-order valence-electron chi connectivity index (χ2n) is 6.51. The summed E-state index contributed by atoms with van der Waals surface area (Å²) < 4.78 is 0. The van der Waals surface area contributed by atoms with E-state index in [-0.39, 0.29) is 0 Å². The number of nitrogens with one attached hydrogen (secondary N) is 1. The summed E-state index contributed by atoms with van der Waals surface area (Å²) >= 11 is 0. The zero-order valence-electron chi connectivity index (χ0n) is 13.7. The standard InChI is InChI=1S/C17H28N4/c1-4-14-8-6-5-7-11-21(14)17-12(2)15(18-3)19-16(20-17)13-9-10-13/h13-14H,4-11H2,1-3H3,(H,18,19,20). The van der Waals surface area contributed by atoms with Crippen molar-refractivity contribution in [3.63, 3.8) is 0 Å². The van der Waals surface area contributed by atoms with E-state index in [1.54, 1.807) is 0 Å². The van der Waals surface area contributed by atoms with E-state index in [0.29, 0.717) is 12.0 Å². The first kappa shape index (κ1) is 14.6. The normalized spacial score (nSPS) is 23.0. The number of anilines is 2. The Balaban J connectivity index is 1.99. The fraction of sp³-hybridized carbons (Fsp3) is 0.765. The highest BCUT2D eigenvalue weighted by molar-refractivity contribution is 5.59. The SMILES string of the molecule is CCC1CCCCCN1c1nc(C2CC2)nc(NC)c1C. The molecule has 1 aromatic rings. The van der Waals surface area contributed by atoms with Crippen LogP contribution in [-0.4, -0.2) is 29.6 Å². The molecule has 0 spiro atoms. The van der Waals surface area contributed by atoms with E-state index in [0.717, 1.165) is 18.2 Å². The molecular weight excluding hydrogens is 260 g/mol. The van der Waals surface area contributed by atoms with Gasteiger partial charge in [0.05, 0.1) is 0 Å². The summed E-state index contributed by atoms with van der Waals surface area (Å²) in [7, 11) is 1.97. The first-order chi connectivity index (χ1) is 10.2. The first-order valence-corrected chi connectivity index (χ1v) is 8.57. The number of hydrogen-bond acceptors (Lipinski definition) is 4. The van der Waals surface area contributed by atoms with Crippen LogP contribution in [0.3, 0.4) is 0 Å².